The van der Waals surface area contributed by atoms with Crippen LogP contribution >= 0.6 is 11.6 Å². The summed E-state index contributed by atoms with van der Waals surface area (Å²) in [4.78, 5) is 12.8. The first-order valence-corrected chi connectivity index (χ1v) is 8.43. The molecule has 4 fully saturated rings. The number of amides is 1. The SMILES string of the molecule is CC(CCl)C(C)NC(=O)C12CC3CC(CC(C3)C1)C2. The molecule has 2 unspecified atom stereocenters. The van der Waals surface area contributed by atoms with Gasteiger partial charge in [-0.05, 0) is 69.1 Å². The first-order chi connectivity index (χ1) is 9.02. The van der Waals surface area contributed by atoms with Gasteiger partial charge in [-0.25, -0.2) is 0 Å². The number of nitrogens with one attached hydrogen (secondary N) is 1. The average Bonchev–Trinajstić information content (AvgIpc) is 2.36. The molecule has 0 aliphatic heterocycles. The summed E-state index contributed by atoms with van der Waals surface area (Å²) < 4.78 is 0. The van der Waals surface area contributed by atoms with Crippen molar-refractivity contribution in [3.63, 3.8) is 0 Å². The lowest BCUT2D eigenvalue weighted by Crippen LogP contribution is -2.55. The number of alkyl halides is 1. The van der Waals surface area contributed by atoms with Crippen LogP contribution in [0.25, 0.3) is 0 Å². The molecule has 1 N–H and O–H groups in total. The summed E-state index contributed by atoms with van der Waals surface area (Å²) in [7, 11) is 0. The normalized spacial score (nSPS) is 43.0. The molecule has 4 aliphatic carbocycles. The third kappa shape index (κ3) is 2.41. The molecule has 2 nitrogen and oxygen atoms in total. The fourth-order valence-corrected chi connectivity index (χ4v) is 5.29. The number of halogens is 1. The zero-order chi connectivity index (χ0) is 13.6. The van der Waals surface area contributed by atoms with Crippen LogP contribution in [0, 0.1) is 29.1 Å². The number of carbonyl (C=O) groups is 1. The monoisotopic (exact) mass is 283 g/mol. The Balaban J connectivity index is 1.69. The van der Waals surface area contributed by atoms with Crippen LogP contribution in [0.2, 0.25) is 0 Å². The molecule has 4 rings (SSSR count). The zero-order valence-electron chi connectivity index (χ0n) is 12.1. The average molecular weight is 284 g/mol. The maximum Gasteiger partial charge on any atom is 0.226 e. The van der Waals surface area contributed by atoms with E-state index in [4.69, 9.17) is 11.6 Å². The largest absolute Gasteiger partial charge is 0.353 e. The van der Waals surface area contributed by atoms with E-state index in [1.165, 1.54) is 19.3 Å². The van der Waals surface area contributed by atoms with Gasteiger partial charge in [0.2, 0.25) is 5.91 Å². The van der Waals surface area contributed by atoms with Gasteiger partial charge in [-0.2, -0.15) is 0 Å². The minimum absolute atomic E-state index is 0.0188. The summed E-state index contributed by atoms with van der Waals surface area (Å²) in [5.74, 6) is 3.78. The van der Waals surface area contributed by atoms with Crippen LogP contribution < -0.4 is 5.32 Å². The number of hydrogen-bond acceptors (Lipinski definition) is 1. The van der Waals surface area contributed by atoms with Crippen molar-refractivity contribution in [2.24, 2.45) is 29.1 Å². The summed E-state index contributed by atoms with van der Waals surface area (Å²) in [6, 6.07) is 0.193. The molecule has 19 heavy (non-hydrogen) atoms. The Morgan fingerprint density at radius 1 is 1.16 bits per heavy atom. The van der Waals surface area contributed by atoms with Crippen molar-refractivity contribution >= 4 is 17.5 Å². The maximum atomic E-state index is 12.8. The van der Waals surface area contributed by atoms with Crippen LogP contribution in [-0.4, -0.2) is 17.8 Å². The van der Waals surface area contributed by atoms with E-state index < -0.39 is 0 Å². The van der Waals surface area contributed by atoms with E-state index in [0.29, 0.717) is 17.7 Å². The molecule has 0 radical (unpaired) electrons. The van der Waals surface area contributed by atoms with E-state index in [2.05, 4.69) is 19.2 Å². The quantitative estimate of drug-likeness (QED) is 0.785. The van der Waals surface area contributed by atoms with E-state index in [1.807, 2.05) is 0 Å². The molecule has 1 amide bonds. The predicted molar refractivity (Wildman–Crippen MR) is 78.1 cm³/mol. The molecule has 108 valence electrons. The molecule has 4 aliphatic rings. The lowest BCUT2D eigenvalue weighted by Gasteiger charge is -2.55. The molecule has 0 aromatic rings. The molecule has 0 spiro atoms. The highest BCUT2D eigenvalue weighted by molar-refractivity contribution is 6.18. The van der Waals surface area contributed by atoms with Gasteiger partial charge in [0, 0.05) is 17.3 Å². The Hall–Kier alpha value is -0.240. The van der Waals surface area contributed by atoms with E-state index in [9.17, 15) is 4.79 Å². The first-order valence-electron chi connectivity index (χ1n) is 7.89. The standard InChI is InChI=1S/C16H26ClNO/c1-10(9-17)11(2)18-15(19)16-6-12-3-13(7-16)5-14(4-12)8-16/h10-14H,3-9H2,1-2H3,(H,18,19). The van der Waals surface area contributed by atoms with Crippen LogP contribution in [0.5, 0.6) is 0 Å². The highest BCUT2D eigenvalue weighted by Gasteiger charge is 2.54. The van der Waals surface area contributed by atoms with Gasteiger partial charge in [0.1, 0.15) is 0 Å². The summed E-state index contributed by atoms with van der Waals surface area (Å²) in [6.07, 6.45) is 7.60. The van der Waals surface area contributed by atoms with Crippen molar-refractivity contribution in [1.29, 1.82) is 0 Å². The Morgan fingerprint density at radius 2 is 1.63 bits per heavy atom. The number of carbonyl (C=O) groups excluding carboxylic acids is 1. The van der Waals surface area contributed by atoms with Gasteiger partial charge in [-0.1, -0.05) is 6.92 Å². The topological polar surface area (TPSA) is 29.1 Å². The lowest BCUT2D eigenvalue weighted by atomic mass is 9.49. The second kappa shape index (κ2) is 4.95. The summed E-state index contributed by atoms with van der Waals surface area (Å²) in [6.45, 7) is 4.20. The molecule has 0 saturated heterocycles. The van der Waals surface area contributed by atoms with Crippen molar-refractivity contribution < 1.29 is 4.79 Å². The molecule has 3 heteroatoms. The first kappa shape index (κ1) is 13.7. The van der Waals surface area contributed by atoms with E-state index >= 15 is 0 Å². The minimum atomic E-state index is -0.0188. The number of hydrogen-bond donors (Lipinski definition) is 1. The van der Waals surface area contributed by atoms with Gasteiger partial charge in [0.25, 0.3) is 0 Å². The smallest absolute Gasteiger partial charge is 0.226 e. The van der Waals surface area contributed by atoms with E-state index in [0.717, 1.165) is 37.0 Å². The van der Waals surface area contributed by atoms with Crippen molar-refractivity contribution in [3.05, 3.63) is 0 Å². The predicted octanol–water partition coefficient (Wildman–Crippen LogP) is 3.58. The van der Waals surface area contributed by atoms with Crippen molar-refractivity contribution in [3.8, 4) is 0 Å². The van der Waals surface area contributed by atoms with Gasteiger partial charge >= 0.3 is 0 Å². The molecule has 0 heterocycles. The Labute approximate surface area is 121 Å². The lowest BCUT2D eigenvalue weighted by molar-refractivity contribution is -0.147. The molecule has 0 aromatic heterocycles. The van der Waals surface area contributed by atoms with Crippen molar-refractivity contribution in [1.82, 2.24) is 5.32 Å². The van der Waals surface area contributed by atoms with Crippen molar-refractivity contribution in [2.75, 3.05) is 5.88 Å². The summed E-state index contributed by atoms with van der Waals surface area (Å²) in [5.41, 5.74) is -0.0188. The fourth-order valence-electron chi connectivity index (χ4n) is 5.02. The molecule has 4 bridgehead atoms. The van der Waals surface area contributed by atoms with Crippen molar-refractivity contribution in [2.45, 2.75) is 58.4 Å². The second-order valence-electron chi connectivity index (χ2n) is 7.59. The Kier molecular flexibility index (Phi) is 3.57. The molecular weight excluding hydrogens is 258 g/mol. The maximum absolute atomic E-state index is 12.8. The van der Waals surface area contributed by atoms with Gasteiger partial charge < -0.3 is 5.32 Å². The summed E-state index contributed by atoms with van der Waals surface area (Å²) in [5, 5.41) is 3.26. The Bertz CT molecular complexity index is 332. The highest BCUT2D eigenvalue weighted by Crippen LogP contribution is 2.60. The zero-order valence-corrected chi connectivity index (χ0v) is 12.9. The number of rotatable bonds is 4. The van der Waals surface area contributed by atoms with Crippen LogP contribution in [0.3, 0.4) is 0 Å². The Morgan fingerprint density at radius 3 is 2.05 bits per heavy atom. The van der Waals surface area contributed by atoms with Crippen LogP contribution in [0.4, 0.5) is 0 Å². The fraction of sp³-hybridized carbons (Fsp3) is 0.938. The highest BCUT2D eigenvalue weighted by atomic mass is 35.5. The van der Waals surface area contributed by atoms with Gasteiger partial charge in [0.15, 0.2) is 0 Å². The van der Waals surface area contributed by atoms with E-state index in [1.54, 1.807) is 0 Å². The van der Waals surface area contributed by atoms with Crippen LogP contribution in [0.1, 0.15) is 52.4 Å². The third-order valence-electron chi connectivity index (χ3n) is 5.98. The van der Waals surface area contributed by atoms with Crippen LogP contribution in [-0.2, 0) is 4.79 Å². The molecular formula is C16H26ClNO. The van der Waals surface area contributed by atoms with Gasteiger partial charge in [-0.15, -0.1) is 11.6 Å². The van der Waals surface area contributed by atoms with Crippen LogP contribution in [0.15, 0.2) is 0 Å². The molecule has 4 saturated carbocycles. The third-order valence-corrected chi connectivity index (χ3v) is 6.46. The van der Waals surface area contributed by atoms with Gasteiger partial charge in [0.05, 0.1) is 0 Å². The molecule has 2 atom stereocenters. The second-order valence-corrected chi connectivity index (χ2v) is 7.90. The van der Waals surface area contributed by atoms with Gasteiger partial charge in [-0.3, -0.25) is 4.79 Å². The minimum Gasteiger partial charge on any atom is -0.353 e. The molecule has 0 aromatic carbocycles. The van der Waals surface area contributed by atoms with E-state index in [-0.39, 0.29) is 11.5 Å². The summed E-state index contributed by atoms with van der Waals surface area (Å²) >= 11 is 5.90.